The lowest BCUT2D eigenvalue weighted by Crippen LogP contribution is -2.94. The van der Waals surface area contributed by atoms with Crippen molar-refractivity contribution >= 4 is 0 Å². The predicted octanol–water partition coefficient (Wildman–Crippen LogP) is 4.89. The molecule has 0 aromatic rings. The average molecular weight is 244 g/mol. The maximum absolute atomic E-state index is 2.66. The van der Waals surface area contributed by atoms with E-state index >= 15 is 0 Å². The molecule has 0 heteroatoms. The van der Waals surface area contributed by atoms with E-state index < -0.39 is 0 Å². The van der Waals surface area contributed by atoms with Crippen LogP contribution in [0.25, 0.3) is 0 Å². The predicted molar refractivity (Wildman–Crippen MR) is 74.1 cm³/mol. The normalized spacial score (nSPS) is 89.3. The lowest BCUT2D eigenvalue weighted by Gasteiger charge is -2.97. The summed E-state index contributed by atoms with van der Waals surface area (Å²) in [5, 5.41) is 0. The van der Waals surface area contributed by atoms with Gasteiger partial charge in [-0.1, -0.05) is 55.4 Å². The van der Waals surface area contributed by atoms with E-state index in [-0.39, 0.29) is 0 Å². The summed E-state index contributed by atoms with van der Waals surface area (Å²) in [6, 6.07) is 0. The smallest absolute Gasteiger partial charge is 0.0137 e. The molecule has 0 aliphatic heterocycles. The third-order valence-corrected chi connectivity index (χ3v) is 12.3. The Labute approximate surface area is 112 Å². The van der Waals surface area contributed by atoms with Gasteiger partial charge in [-0.15, -0.1) is 0 Å². The van der Waals surface area contributed by atoms with Crippen LogP contribution in [0, 0.1) is 43.3 Å². The molecule has 5 rings (SSSR count). The Morgan fingerprint density at radius 1 is 0.389 bits per heavy atom. The molecule has 5 aliphatic carbocycles. The largest absolute Gasteiger partial charge is 0.0585 e. The highest BCUT2D eigenvalue weighted by atomic mass is 15.2. The van der Waals surface area contributed by atoms with Gasteiger partial charge in [-0.3, -0.25) is 0 Å². The van der Waals surface area contributed by atoms with Crippen molar-refractivity contribution in [1.82, 2.24) is 0 Å². The van der Waals surface area contributed by atoms with Crippen molar-refractivity contribution in [3.8, 4) is 0 Å². The van der Waals surface area contributed by atoms with Crippen LogP contribution in [0.2, 0.25) is 0 Å². The molecule has 100 valence electrons. The molecule has 8 atom stereocenters. The van der Waals surface area contributed by atoms with Crippen LogP contribution in [0.4, 0.5) is 0 Å². The van der Waals surface area contributed by atoms with Gasteiger partial charge in [0.1, 0.15) is 0 Å². The molecule has 18 heavy (non-hydrogen) atoms. The third-order valence-electron chi connectivity index (χ3n) is 12.3. The fourth-order valence-corrected chi connectivity index (χ4v) is 11.3. The topological polar surface area (TPSA) is 0 Å². The minimum Gasteiger partial charge on any atom is -0.0585 e. The SMILES string of the molecule is CC12C3(C)C4(C)C1(C)[C@@]1(C)C[C@]2(C)[C@]3(C)C[C@]41C. The molecule has 0 bridgehead atoms. The van der Waals surface area contributed by atoms with Gasteiger partial charge in [-0.25, -0.2) is 0 Å². The molecule has 0 aromatic heterocycles. The van der Waals surface area contributed by atoms with Crippen LogP contribution < -0.4 is 0 Å². The first kappa shape index (κ1) is 10.7. The molecule has 0 saturated heterocycles. The van der Waals surface area contributed by atoms with Crippen molar-refractivity contribution in [2.45, 2.75) is 68.2 Å². The molecule has 0 amide bonds. The summed E-state index contributed by atoms with van der Waals surface area (Å²) in [7, 11) is 0. The summed E-state index contributed by atoms with van der Waals surface area (Å²) < 4.78 is 0. The summed E-state index contributed by atoms with van der Waals surface area (Å²) in [6.07, 6.45) is 2.98. The van der Waals surface area contributed by atoms with Crippen LogP contribution >= 0.6 is 0 Å². The van der Waals surface area contributed by atoms with E-state index in [1.807, 2.05) is 0 Å². The van der Waals surface area contributed by atoms with Gasteiger partial charge in [-0.05, 0) is 56.2 Å². The molecular formula is C18H28. The van der Waals surface area contributed by atoms with E-state index in [0.29, 0.717) is 43.3 Å². The van der Waals surface area contributed by atoms with E-state index in [2.05, 4.69) is 55.4 Å². The van der Waals surface area contributed by atoms with Gasteiger partial charge in [0.15, 0.2) is 0 Å². The van der Waals surface area contributed by atoms with Gasteiger partial charge in [0, 0.05) is 0 Å². The molecule has 0 nitrogen and oxygen atoms in total. The summed E-state index contributed by atoms with van der Waals surface area (Å²) in [5.41, 5.74) is 4.81. The Hall–Kier alpha value is 0. The molecule has 0 spiro atoms. The number of hydrogen-bond donors (Lipinski definition) is 0. The maximum atomic E-state index is 2.66. The second kappa shape index (κ2) is 1.74. The van der Waals surface area contributed by atoms with Gasteiger partial charge in [-0.2, -0.15) is 0 Å². The Morgan fingerprint density at radius 2 is 0.556 bits per heavy atom. The first-order valence-corrected chi connectivity index (χ1v) is 7.91. The quantitative estimate of drug-likeness (QED) is 0.569. The van der Waals surface area contributed by atoms with Crippen LogP contribution in [0.5, 0.6) is 0 Å². The van der Waals surface area contributed by atoms with Crippen molar-refractivity contribution in [2.24, 2.45) is 43.3 Å². The highest BCUT2D eigenvalue weighted by Crippen LogP contribution is 3.18. The molecule has 4 unspecified atom stereocenters. The molecule has 5 saturated carbocycles. The molecule has 0 N–H and O–H groups in total. The van der Waals surface area contributed by atoms with Gasteiger partial charge in [0.05, 0.1) is 0 Å². The maximum Gasteiger partial charge on any atom is -0.0137 e. The van der Waals surface area contributed by atoms with Gasteiger partial charge in [0.25, 0.3) is 0 Å². The molecule has 0 heterocycles. The van der Waals surface area contributed by atoms with E-state index in [0.717, 1.165) is 0 Å². The Morgan fingerprint density at radius 3 is 0.722 bits per heavy atom. The Balaban J connectivity index is 1.98. The van der Waals surface area contributed by atoms with E-state index in [9.17, 15) is 0 Å². The summed E-state index contributed by atoms with van der Waals surface area (Å²) in [5.74, 6) is 0. The highest BCUT2D eigenvalue weighted by molar-refractivity contribution is 5.61. The average Bonchev–Trinajstić information content (AvgIpc) is 2.40. The number of fused-ring (bicyclic) bond motifs is 2. The first-order chi connectivity index (χ1) is 7.91. The Bertz CT molecular complexity index is 450. The summed E-state index contributed by atoms with van der Waals surface area (Å²) in [6.45, 7) is 21.2. The fraction of sp³-hybridized carbons (Fsp3) is 1.00. The third kappa shape index (κ3) is 0.346. The second-order valence-corrected chi connectivity index (χ2v) is 10.2. The second-order valence-electron chi connectivity index (χ2n) is 10.2. The lowest BCUT2D eigenvalue weighted by atomic mass is 9.06. The van der Waals surface area contributed by atoms with Crippen molar-refractivity contribution < 1.29 is 0 Å². The number of rotatable bonds is 0. The van der Waals surface area contributed by atoms with Crippen molar-refractivity contribution in [1.29, 1.82) is 0 Å². The van der Waals surface area contributed by atoms with E-state index in [1.165, 1.54) is 12.8 Å². The highest BCUT2D eigenvalue weighted by Gasteiger charge is 3.14. The van der Waals surface area contributed by atoms with Crippen molar-refractivity contribution in [3.05, 3.63) is 0 Å². The van der Waals surface area contributed by atoms with Crippen LogP contribution in [0.15, 0.2) is 0 Å². The monoisotopic (exact) mass is 244 g/mol. The fourth-order valence-electron chi connectivity index (χ4n) is 11.3. The summed E-state index contributed by atoms with van der Waals surface area (Å²) >= 11 is 0. The lowest BCUT2D eigenvalue weighted by molar-refractivity contribution is -0.514. The zero-order valence-corrected chi connectivity index (χ0v) is 13.4. The van der Waals surface area contributed by atoms with Gasteiger partial charge >= 0.3 is 0 Å². The minimum atomic E-state index is 0.598. The molecular weight excluding hydrogens is 216 g/mol. The van der Waals surface area contributed by atoms with Crippen LogP contribution in [-0.4, -0.2) is 0 Å². The van der Waals surface area contributed by atoms with Crippen molar-refractivity contribution in [2.75, 3.05) is 0 Å². The minimum absolute atomic E-state index is 0.598. The Kier molecular flexibility index (Phi) is 1.04. The summed E-state index contributed by atoms with van der Waals surface area (Å²) in [4.78, 5) is 0. The van der Waals surface area contributed by atoms with Crippen LogP contribution in [0.3, 0.4) is 0 Å². The van der Waals surface area contributed by atoms with E-state index in [1.54, 1.807) is 0 Å². The van der Waals surface area contributed by atoms with Gasteiger partial charge in [0.2, 0.25) is 0 Å². The molecule has 5 fully saturated rings. The first-order valence-electron chi connectivity index (χ1n) is 7.91. The number of hydrogen-bond acceptors (Lipinski definition) is 0. The molecule has 5 aliphatic rings. The zero-order valence-electron chi connectivity index (χ0n) is 13.4. The van der Waals surface area contributed by atoms with Gasteiger partial charge < -0.3 is 0 Å². The molecule has 0 radical (unpaired) electrons. The zero-order chi connectivity index (χ0) is 13.4. The standard InChI is InChI=1S/C18H28/c1-11-9-13(3)14(4)10-12(11,2)16(6)15(11,5)17(13,7)18(14,16)8/h9-10H2,1-8H3/t11-,12-,13-,14+,15?,16?,17?,18?/m0/s1. The van der Waals surface area contributed by atoms with Crippen LogP contribution in [-0.2, 0) is 0 Å². The van der Waals surface area contributed by atoms with Crippen molar-refractivity contribution in [3.63, 3.8) is 0 Å². The van der Waals surface area contributed by atoms with Crippen LogP contribution in [0.1, 0.15) is 68.2 Å². The van der Waals surface area contributed by atoms with E-state index in [4.69, 9.17) is 0 Å². The molecule has 0 aromatic carbocycles.